The van der Waals surface area contributed by atoms with E-state index in [1.165, 1.54) is 11.5 Å². The molecule has 2 aromatic heterocycles. The number of benzene rings is 1. The first kappa shape index (κ1) is 38.6. The van der Waals surface area contributed by atoms with Gasteiger partial charge in [0.05, 0.1) is 66.4 Å². The standard InChI is InChI=1S/C38H52BF3N4O6/c1-24(48-9)33-30(17-27(19-43-33)45-13-12-44-14-15-49-21-28(44)20-45)34-31(18-35(3,4)23-50-25(2)47)29-16-26(39-51-36(5,6)37(7,8)52-39)10-11-32(29)46(34)22-38(40,41)42/h10-11,16-17,19,24,28H,12-15,18,20-23H2,1-9H3/t24-,28-/m0/s1. The number of halogens is 3. The molecule has 0 radical (unpaired) electrons. The number of carbonyl (C=O) groups is 1. The second-order valence-corrected chi connectivity index (χ2v) is 16.2. The van der Waals surface area contributed by atoms with Crippen molar-refractivity contribution in [3.05, 3.63) is 41.7 Å². The summed E-state index contributed by atoms with van der Waals surface area (Å²) in [7, 11) is 0.847. The molecule has 5 heterocycles. The minimum atomic E-state index is -4.54. The highest BCUT2D eigenvalue weighted by Crippen LogP contribution is 2.43. The van der Waals surface area contributed by atoms with E-state index in [0.29, 0.717) is 65.1 Å². The van der Waals surface area contributed by atoms with Gasteiger partial charge in [-0.1, -0.05) is 26.0 Å². The second kappa shape index (κ2) is 14.2. The Hall–Kier alpha value is -3.17. The van der Waals surface area contributed by atoms with Gasteiger partial charge < -0.3 is 33.0 Å². The van der Waals surface area contributed by atoms with Crippen molar-refractivity contribution in [2.45, 2.75) is 97.9 Å². The quantitative estimate of drug-likeness (QED) is 0.187. The third-order valence-electron chi connectivity index (χ3n) is 11.1. The van der Waals surface area contributed by atoms with E-state index in [0.717, 1.165) is 25.3 Å². The summed E-state index contributed by atoms with van der Waals surface area (Å²) >= 11 is 0. The SMILES string of the molecule is CO[C@@H](C)c1ncc(N2CCN3CCOC[C@@H]3C2)cc1-c1c(CC(C)(C)COC(C)=O)c2cc(B3OC(C)(C)C(C)(C)O3)ccc2n1CC(F)(F)F. The highest BCUT2D eigenvalue weighted by atomic mass is 19.4. The molecule has 6 rings (SSSR count). The molecule has 3 aromatic rings. The number of hydrogen-bond acceptors (Lipinski definition) is 9. The Kier molecular flexibility index (Phi) is 10.6. The maximum atomic E-state index is 14.7. The van der Waals surface area contributed by atoms with Gasteiger partial charge in [0, 0.05) is 62.1 Å². The zero-order valence-electron chi connectivity index (χ0n) is 31.9. The molecule has 284 valence electrons. The monoisotopic (exact) mass is 728 g/mol. The molecule has 3 aliphatic rings. The van der Waals surface area contributed by atoms with Crippen LogP contribution < -0.4 is 10.4 Å². The molecule has 0 saturated carbocycles. The van der Waals surface area contributed by atoms with Crippen molar-refractivity contribution in [1.29, 1.82) is 0 Å². The molecule has 14 heteroatoms. The van der Waals surface area contributed by atoms with Crippen LogP contribution in [-0.2, 0) is 41.3 Å². The van der Waals surface area contributed by atoms with Crippen molar-refractivity contribution in [2.24, 2.45) is 5.41 Å². The van der Waals surface area contributed by atoms with E-state index in [1.54, 1.807) is 25.4 Å². The Morgan fingerprint density at radius 1 is 1.10 bits per heavy atom. The maximum Gasteiger partial charge on any atom is 0.494 e. The molecule has 0 amide bonds. The van der Waals surface area contributed by atoms with E-state index in [9.17, 15) is 18.0 Å². The fourth-order valence-electron chi connectivity index (χ4n) is 7.47. The van der Waals surface area contributed by atoms with Crippen LogP contribution in [0.3, 0.4) is 0 Å². The van der Waals surface area contributed by atoms with Gasteiger partial charge >= 0.3 is 19.3 Å². The highest BCUT2D eigenvalue weighted by molar-refractivity contribution is 6.62. The largest absolute Gasteiger partial charge is 0.494 e. The number of methoxy groups -OCH3 is 1. The van der Waals surface area contributed by atoms with Crippen LogP contribution in [0.25, 0.3) is 22.2 Å². The molecule has 3 aliphatic heterocycles. The van der Waals surface area contributed by atoms with Crippen molar-refractivity contribution >= 4 is 35.1 Å². The van der Waals surface area contributed by atoms with E-state index in [2.05, 4.69) is 9.80 Å². The number of piperazine rings is 1. The maximum absolute atomic E-state index is 14.7. The zero-order chi connectivity index (χ0) is 37.8. The van der Waals surface area contributed by atoms with Gasteiger partial charge in [-0.3, -0.25) is 14.7 Å². The van der Waals surface area contributed by atoms with Crippen LogP contribution in [-0.4, -0.2) is 104 Å². The van der Waals surface area contributed by atoms with Crippen LogP contribution in [0.4, 0.5) is 18.9 Å². The van der Waals surface area contributed by atoms with Gasteiger partial charge in [-0.15, -0.1) is 0 Å². The number of carbonyl (C=O) groups excluding carboxylic acids is 1. The van der Waals surface area contributed by atoms with Gasteiger partial charge in [-0.25, -0.2) is 0 Å². The molecule has 0 aliphatic carbocycles. The van der Waals surface area contributed by atoms with Gasteiger partial charge in [0.15, 0.2) is 0 Å². The number of alkyl halides is 3. The zero-order valence-corrected chi connectivity index (χ0v) is 31.9. The fourth-order valence-corrected chi connectivity index (χ4v) is 7.47. The van der Waals surface area contributed by atoms with Crippen molar-refractivity contribution in [3.63, 3.8) is 0 Å². The Morgan fingerprint density at radius 2 is 1.81 bits per heavy atom. The van der Waals surface area contributed by atoms with Crippen molar-refractivity contribution < 1.29 is 41.5 Å². The molecule has 2 atom stereocenters. The normalized spacial score (nSPS) is 21.4. The second-order valence-electron chi connectivity index (χ2n) is 16.2. The number of nitrogens with zero attached hydrogens (tertiary/aromatic N) is 4. The minimum Gasteiger partial charge on any atom is -0.465 e. The van der Waals surface area contributed by atoms with Crippen molar-refractivity contribution in [2.75, 3.05) is 58.0 Å². The third-order valence-corrected chi connectivity index (χ3v) is 11.1. The van der Waals surface area contributed by atoms with Gasteiger partial charge in [-0.2, -0.15) is 13.2 Å². The predicted octanol–water partition coefficient (Wildman–Crippen LogP) is 5.92. The molecule has 52 heavy (non-hydrogen) atoms. The third kappa shape index (κ3) is 7.87. The number of morpholine rings is 1. The summed E-state index contributed by atoms with van der Waals surface area (Å²) in [6, 6.07) is 7.59. The van der Waals surface area contributed by atoms with Crippen LogP contribution in [0.1, 0.15) is 72.8 Å². The summed E-state index contributed by atoms with van der Waals surface area (Å²) in [6.07, 6.45) is -2.96. The lowest BCUT2D eigenvalue weighted by atomic mass is 9.77. The number of esters is 1. The van der Waals surface area contributed by atoms with E-state index < -0.39 is 48.5 Å². The average Bonchev–Trinajstić information content (AvgIpc) is 3.48. The summed E-state index contributed by atoms with van der Waals surface area (Å²) in [5.74, 6) is -0.424. The summed E-state index contributed by atoms with van der Waals surface area (Å²) in [5.41, 5.74) is 2.25. The molecule has 0 bridgehead atoms. The Morgan fingerprint density at radius 3 is 2.46 bits per heavy atom. The number of aromatic nitrogens is 2. The van der Waals surface area contributed by atoms with Crippen LogP contribution in [0.5, 0.6) is 0 Å². The van der Waals surface area contributed by atoms with Crippen LogP contribution in [0, 0.1) is 5.41 Å². The molecule has 3 saturated heterocycles. The number of hydrogen-bond donors (Lipinski definition) is 0. The molecule has 3 fully saturated rings. The molecule has 0 N–H and O–H groups in total. The fraction of sp³-hybridized carbons (Fsp3) is 0.632. The van der Waals surface area contributed by atoms with Crippen LogP contribution in [0.15, 0.2) is 30.5 Å². The minimum absolute atomic E-state index is 0.0813. The Balaban J connectivity index is 1.58. The van der Waals surface area contributed by atoms with Gasteiger partial charge in [0.2, 0.25) is 0 Å². The Labute approximate surface area is 305 Å². The number of pyridine rings is 1. The first-order chi connectivity index (χ1) is 24.3. The summed E-state index contributed by atoms with van der Waals surface area (Å²) in [6.45, 7) is 18.3. The number of rotatable bonds is 10. The molecule has 0 unspecified atom stereocenters. The summed E-state index contributed by atoms with van der Waals surface area (Å²) < 4.78 is 75.2. The predicted molar refractivity (Wildman–Crippen MR) is 195 cm³/mol. The lowest BCUT2D eigenvalue weighted by molar-refractivity contribution is -0.144. The van der Waals surface area contributed by atoms with Crippen molar-refractivity contribution in [3.8, 4) is 11.3 Å². The number of ether oxygens (including phenoxy) is 3. The summed E-state index contributed by atoms with van der Waals surface area (Å²) in [5, 5.41) is 0.636. The number of anilines is 1. The smallest absolute Gasteiger partial charge is 0.465 e. The average molecular weight is 729 g/mol. The molecule has 1 aromatic carbocycles. The van der Waals surface area contributed by atoms with E-state index >= 15 is 0 Å². The number of fused-ring (bicyclic) bond motifs is 2. The van der Waals surface area contributed by atoms with Gasteiger partial charge in [0.1, 0.15) is 6.54 Å². The molecular weight excluding hydrogens is 676 g/mol. The molecule has 10 nitrogen and oxygen atoms in total. The lowest BCUT2D eigenvalue weighted by Crippen LogP contribution is -2.58. The molecular formula is C38H52BF3N4O6. The first-order valence-corrected chi connectivity index (χ1v) is 18.1. The topological polar surface area (TPSA) is 87.5 Å². The molecule has 0 spiro atoms. The van der Waals surface area contributed by atoms with Gasteiger partial charge in [0.25, 0.3) is 0 Å². The van der Waals surface area contributed by atoms with Crippen LogP contribution in [0.2, 0.25) is 0 Å². The summed E-state index contributed by atoms with van der Waals surface area (Å²) in [4.78, 5) is 21.5. The lowest BCUT2D eigenvalue weighted by Gasteiger charge is -2.44. The van der Waals surface area contributed by atoms with E-state index in [4.69, 9.17) is 28.5 Å². The van der Waals surface area contributed by atoms with E-state index in [1.807, 2.05) is 60.6 Å². The van der Waals surface area contributed by atoms with E-state index in [-0.39, 0.29) is 12.6 Å². The highest BCUT2D eigenvalue weighted by Gasteiger charge is 2.52. The van der Waals surface area contributed by atoms with Gasteiger partial charge in [-0.05, 0) is 64.2 Å². The van der Waals surface area contributed by atoms with Crippen LogP contribution >= 0.6 is 0 Å². The Bertz CT molecular complexity index is 1780. The van der Waals surface area contributed by atoms with Crippen molar-refractivity contribution in [1.82, 2.24) is 14.5 Å². The first-order valence-electron chi connectivity index (χ1n) is 18.1.